The van der Waals surface area contributed by atoms with Crippen molar-refractivity contribution >= 4 is 22.6 Å². The minimum absolute atomic E-state index is 0.128. The molecule has 2 aromatic heterocycles. The number of carbonyl (C=O) groups excluding carboxylic acids is 1. The topological polar surface area (TPSA) is 80.3 Å². The smallest absolute Gasteiger partial charge is 0.449 e. The molecular formula is C14H15N4O3+. The number of nitrogens with one attached hydrogen (secondary N) is 1. The largest absolute Gasteiger partial charge is 0.461 e. The quantitative estimate of drug-likeness (QED) is 0.564. The molecule has 0 saturated heterocycles. The van der Waals surface area contributed by atoms with E-state index in [1.54, 1.807) is 25.2 Å². The number of H-pyrrole nitrogens is 1. The lowest BCUT2D eigenvalue weighted by atomic mass is 10.3. The first-order chi connectivity index (χ1) is 10.1. The molecule has 7 nitrogen and oxygen atoms in total. The normalized spacial score (nSPS) is 11.1. The Kier molecular flexibility index (Phi) is 3.17. The molecule has 0 fully saturated rings. The number of ether oxygens (including phenoxy) is 1. The number of hydrogen-bond donors (Lipinski definition) is 1. The van der Waals surface area contributed by atoms with Gasteiger partial charge in [0.05, 0.1) is 6.61 Å². The molecule has 0 saturated carbocycles. The van der Waals surface area contributed by atoms with Gasteiger partial charge in [-0.1, -0.05) is 19.1 Å². The van der Waals surface area contributed by atoms with Crippen LogP contribution in [0.2, 0.25) is 0 Å². The van der Waals surface area contributed by atoms with Crippen LogP contribution in [0.1, 0.15) is 23.8 Å². The number of aryl methyl sites for hydroxylation is 1. The summed E-state index contributed by atoms with van der Waals surface area (Å²) >= 11 is 0. The fourth-order valence-electron chi connectivity index (χ4n) is 2.30. The van der Waals surface area contributed by atoms with Crippen LogP contribution < -0.4 is 10.4 Å². The summed E-state index contributed by atoms with van der Waals surface area (Å²) in [6, 6.07) is 7.16. The van der Waals surface area contributed by atoms with Crippen molar-refractivity contribution in [3.63, 3.8) is 0 Å². The van der Waals surface area contributed by atoms with E-state index in [9.17, 15) is 9.59 Å². The van der Waals surface area contributed by atoms with Crippen molar-refractivity contribution in [3.05, 3.63) is 40.4 Å². The van der Waals surface area contributed by atoms with Gasteiger partial charge in [0.15, 0.2) is 5.52 Å². The molecule has 1 aromatic carbocycles. The number of aromatic nitrogens is 4. The molecule has 0 unspecified atom stereocenters. The summed E-state index contributed by atoms with van der Waals surface area (Å²) in [7, 11) is 1.66. The SMILES string of the molecule is CCCOC(=O)c1nc2ccccc2n2c(=O)[nH][n+](C)c12. The molecule has 21 heavy (non-hydrogen) atoms. The van der Waals surface area contributed by atoms with Crippen LogP contribution in [-0.2, 0) is 11.8 Å². The predicted octanol–water partition coefficient (Wildman–Crippen LogP) is 0.567. The third kappa shape index (κ3) is 2.06. The molecule has 7 heteroatoms. The van der Waals surface area contributed by atoms with Gasteiger partial charge in [0, 0.05) is 0 Å². The lowest BCUT2D eigenvalue weighted by molar-refractivity contribution is -0.705. The van der Waals surface area contributed by atoms with Crippen LogP contribution in [0, 0.1) is 0 Å². The van der Waals surface area contributed by atoms with E-state index in [4.69, 9.17) is 4.74 Å². The first kappa shape index (κ1) is 13.3. The molecule has 0 radical (unpaired) electrons. The van der Waals surface area contributed by atoms with Crippen LogP contribution in [-0.4, -0.2) is 27.1 Å². The molecule has 1 N–H and O–H groups in total. The molecule has 0 bridgehead atoms. The number of nitrogens with zero attached hydrogens (tertiary/aromatic N) is 3. The van der Waals surface area contributed by atoms with Gasteiger partial charge in [0.25, 0.3) is 0 Å². The molecule has 3 aromatic rings. The predicted molar refractivity (Wildman–Crippen MR) is 75.1 cm³/mol. The highest BCUT2D eigenvalue weighted by atomic mass is 16.5. The van der Waals surface area contributed by atoms with Crippen molar-refractivity contribution in [1.82, 2.24) is 14.5 Å². The number of aromatic amines is 1. The van der Waals surface area contributed by atoms with Crippen molar-refractivity contribution in [3.8, 4) is 0 Å². The molecule has 0 aliphatic carbocycles. The van der Waals surface area contributed by atoms with Gasteiger partial charge in [-0.05, 0) is 18.6 Å². The molecule has 0 atom stereocenters. The average Bonchev–Trinajstić information content (AvgIpc) is 2.79. The van der Waals surface area contributed by atoms with Crippen LogP contribution in [0.5, 0.6) is 0 Å². The van der Waals surface area contributed by atoms with Crippen molar-refractivity contribution < 1.29 is 14.2 Å². The summed E-state index contributed by atoms with van der Waals surface area (Å²) in [5, 5.41) is 2.64. The van der Waals surface area contributed by atoms with E-state index in [1.165, 1.54) is 9.08 Å². The highest BCUT2D eigenvalue weighted by Gasteiger charge is 2.27. The van der Waals surface area contributed by atoms with Gasteiger partial charge in [-0.3, -0.25) is 0 Å². The highest BCUT2D eigenvalue weighted by Crippen LogP contribution is 2.14. The van der Waals surface area contributed by atoms with Gasteiger partial charge in [-0.2, -0.15) is 9.78 Å². The zero-order valence-electron chi connectivity index (χ0n) is 11.8. The van der Waals surface area contributed by atoms with Gasteiger partial charge in [-0.15, -0.1) is 4.40 Å². The second-order valence-corrected chi connectivity index (χ2v) is 4.72. The first-order valence-electron chi connectivity index (χ1n) is 6.70. The minimum atomic E-state index is -0.533. The van der Waals surface area contributed by atoms with Gasteiger partial charge in [0.2, 0.25) is 5.69 Å². The Morgan fingerprint density at radius 2 is 2.19 bits per heavy atom. The number of hydrogen-bond acceptors (Lipinski definition) is 4. The Morgan fingerprint density at radius 3 is 2.95 bits per heavy atom. The van der Waals surface area contributed by atoms with Crippen molar-refractivity contribution in [2.75, 3.05) is 6.61 Å². The molecule has 3 rings (SSSR count). The fraction of sp³-hybridized carbons (Fsp3) is 0.286. The lowest BCUT2D eigenvalue weighted by Crippen LogP contribution is -2.34. The maximum Gasteiger partial charge on any atom is 0.449 e. The van der Waals surface area contributed by atoms with Crippen LogP contribution in [0.3, 0.4) is 0 Å². The summed E-state index contributed by atoms with van der Waals surface area (Å²) in [4.78, 5) is 28.7. The van der Waals surface area contributed by atoms with Gasteiger partial charge in [0.1, 0.15) is 12.6 Å². The molecule has 108 valence electrons. The maximum atomic E-state index is 12.2. The first-order valence-corrected chi connectivity index (χ1v) is 6.70. The number of rotatable bonds is 3. The Bertz CT molecular complexity index is 894. The zero-order valence-corrected chi connectivity index (χ0v) is 11.8. The van der Waals surface area contributed by atoms with E-state index in [2.05, 4.69) is 10.1 Å². The van der Waals surface area contributed by atoms with E-state index in [0.29, 0.717) is 23.3 Å². The molecular weight excluding hydrogens is 272 g/mol. The number of carbonyl (C=O) groups is 1. The zero-order chi connectivity index (χ0) is 15.0. The average molecular weight is 287 g/mol. The van der Waals surface area contributed by atoms with Gasteiger partial charge >= 0.3 is 17.3 Å². The fourth-order valence-corrected chi connectivity index (χ4v) is 2.30. The number of fused-ring (bicyclic) bond motifs is 3. The van der Waals surface area contributed by atoms with Crippen LogP contribution in [0.25, 0.3) is 16.7 Å². The number of benzene rings is 1. The van der Waals surface area contributed by atoms with Crippen LogP contribution >= 0.6 is 0 Å². The number of esters is 1. The Hall–Kier alpha value is -2.70. The summed E-state index contributed by atoms with van der Waals surface area (Å²) in [6.45, 7) is 2.23. The van der Waals surface area contributed by atoms with Crippen molar-refractivity contribution in [2.24, 2.45) is 7.05 Å². The summed E-state index contributed by atoms with van der Waals surface area (Å²) in [5.41, 5.74) is 1.40. The second kappa shape index (κ2) is 5.01. The Labute approximate surface area is 119 Å². The van der Waals surface area contributed by atoms with E-state index >= 15 is 0 Å². The molecule has 0 spiro atoms. The van der Waals surface area contributed by atoms with Crippen LogP contribution in [0.4, 0.5) is 0 Å². The van der Waals surface area contributed by atoms with Crippen molar-refractivity contribution in [1.29, 1.82) is 0 Å². The summed E-state index contributed by atoms with van der Waals surface area (Å²) in [5.74, 6) is -0.533. The minimum Gasteiger partial charge on any atom is -0.461 e. The standard InChI is InChI=1S/C14H14N4O3/c1-3-8-21-13(19)11-12-17(2)16-14(20)18(12)10-7-5-4-6-9(10)15-11/h4-7H,3,8H2,1-2H3/p+1. The molecule has 0 aliphatic heterocycles. The van der Waals surface area contributed by atoms with Gasteiger partial charge < -0.3 is 4.74 Å². The summed E-state index contributed by atoms with van der Waals surface area (Å²) in [6.07, 6.45) is 0.724. The number of para-hydroxylation sites is 2. The van der Waals surface area contributed by atoms with E-state index in [1.807, 2.05) is 13.0 Å². The van der Waals surface area contributed by atoms with Gasteiger partial charge in [-0.25, -0.2) is 14.6 Å². The molecule has 2 heterocycles. The Morgan fingerprint density at radius 1 is 1.43 bits per heavy atom. The third-order valence-electron chi connectivity index (χ3n) is 3.19. The molecule has 0 aliphatic rings. The maximum absolute atomic E-state index is 12.2. The van der Waals surface area contributed by atoms with E-state index in [0.717, 1.165) is 6.42 Å². The third-order valence-corrected chi connectivity index (χ3v) is 3.19. The van der Waals surface area contributed by atoms with E-state index < -0.39 is 5.97 Å². The summed E-state index contributed by atoms with van der Waals surface area (Å²) < 4.78 is 8.07. The second-order valence-electron chi connectivity index (χ2n) is 4.72. The highest BCUT2D eigenvalue weighted by molar-refractivity contribution is 5.95. The molecule has 0 amide bonds. The monoisotopic (exact) mass is 287 g/mol. The lowest BCUT2D eigenvalue weighted by Gasteiger charge is -2.03. The van der Waals surface area contributed by atoms with E-state index in [-0.39, 0.29) is 11.4 Å². The van der Waals surface area contributed by atoms with Crippen LogP contribution in [0.15, 0.2) is 29.1 Å². The Balaban J connectivity index is 2.37. The van der Waals surface area contributed by atoms with Crippen molar-refractivity contribution in [2.45, 2.75) is 13.3 Å².